The molecule has 2 rings (SSSR count). The molecule has 0 bridgehead atoms. The van der Waals surface area contributed by atoms with Crippen molar-refractivity contribution in [3.05, 3.63) is 47.3 Å². The molecule has 0 fully saturated rings. The Balaban J connectivity index is 2.05. The fourth-order valence-corrected chi connectivity index (χ4v) is 1.81. The Morgan fingerprint density at radius 1 is 1.32 bits per heavy atom. The highest BCUT2D eigenvalue weighted by atomic mass is 16.5. The van der Waals surface area contributed by atoms with Crippen LogP contribution < -0.4 is 0 Å². The maximum absolute atomic E-state index is 11.9. The molecule has 0 aliphatic carbocycles. The van der Waals surface area contributed by atoms with E-state index in [1.807, 2.05) is 51.1 Å². The number of esters is 1. The number of aromatic nitrogens is 3. The molecule has 5 heteroatoms. The van der Waals surface area contributed by atoms with Gasteiger partial charge in [-0.25, -0.2) is 9.48 Å². The molecule has 1 aromatic heterocycles. The van der Waals surface area contributed by atoms with Crippen molar-refractivity contribution in [3.63, 3.8) is 0 Å². The fourth-order valence-electron chi connectivity index (χ4n) is 1.81. The number of carbonyl (C=O) groups excluding carboxylic acids is 1. The lowest BCUT2D eigenvalue weighted by atomic mass is 10.2. The van der Waals surface area contributed by atoms with Crippen molar-refractivity contribution in [2.45, 2.75) is 33.4 Å². The van der Waals surface area contributed by atoms with Gasteiger partial charge in [0.25, 0.3) is 0 Å². The Hall–Kier alpha value is -2.17. The Kier molecular flexibility index (Phi) is 3.94. The van der Waals surface area contributed by atoms with E-state index >= 15 is 0 Å². The third-order valence-corrected chi connectivity index (χ3v) is 2.82. The summed E-state index contributed by atoms with van der Waals surface area (Å²) < 4.78 is 6.94. The van der Waals surface area contributed by atoms with Gasteiger partial charge in [0, 0.05) is 6.04 Å². The second kappa shape index (κ2) is 5.65. The van der Waals surface area contributed by atoms with Crippen molar-refractivity contribution in [1.29, 1.82) is 0 Å². The molecular weight excluding hydrogens is 242 g/mol. The molecule has 0 saturated heterocycles. The Morgan fingerprint density at radius 3 is 2.58 bits per heavy atom. The van der Waals surface area contributed by atoms with E-state index in [2.05, 4.69) is 10.3 Å². The molecule has 5 nitrogen and oxygen atoms in total. The van der Waals surface area contributed by atoms with Crippen molar-refractivity contribution in [2.24, 2.45) is 0 Å². The first-order valence-electron chi connectivity index (χ1n) is 6.22. The largest absolute Gasteiger partial charge is 0.456 e. The minimum absolute atomic E-state index is 0.170. The predicted molar refractivity (Wildman–Crippen MR) is 70.7 cm³/mol. The van der Waals surface area contributed by atoms with E-state index in [0.717, 1.165) is 11.3 Å². The zero-order valence-corrected chi connectivity index (χ0v) is 11.3. The molecule has 1 aromatic carbocycles. The van der Waals surface area contributed by atoms with E-state index in [0.29, 0.717) is 0 Å². The van der Waals surface area contributed by atoms with Crippen molar-refractivity contribution in [2.75, 3.05) is 0 Å². The molecule has 19 heavy (non-hydrogen) atoms. The summed E-state index contributed by atoms with van der Waals surface area (Å²) in [6.45, 7) is 6.04. The number of carbonyl (C=O) groups is 1. The van der Waals surface area contributed by atoms with Gasteiger partial charge in [-0.1, -0.05) is 35.5 Å². The number of hydrogen-bond acceptors (Lipinski definition) is 4. The quantitative estimate of drug-likeness (QED) is 0.792. The van der Waals surface area contributed by atoms with Crippen LogP contribution in [0.2, 0.25) is 0 Å². The van der Waals surface area contributed by atoms with Crippen LogP contribution in [0.3, 0.4) is 0 Å². The molecule has 2 aromatic rings. The van der Waals surface area contributed by atoms with Gasteiger partial charge in [-0.15, -0.1) is 5.10 Å². The maximum Gasteiger partial charge on any atom is 0.361 e. The first-order valence-corrected chi connectivity index (χ1v) is 6.22. The molecule has 0 aliphatic heterocycles. The van der Waals surface area contributed by atoms with Gasteiger partial charge in [0.05, 0.1) is 5.69 Å². The smallest absolute Gasteiger partial charge is 0.361 e. The molecule has 0 aliphatic rings. The molecule has 1 heterocycles. The van der Waals surface area contributed by atoms with E-state index in [9.17, 15) is 4.79 Å². The van der Waals surface area contributed by atoms with Gasteiger partial charge in [0.2, 0.25) is 0 Å². The summed E-state index contributed by atoms with van der Waals surface area (Å²) in [4.78, 5) is 11.9. The minimum Gasteiger partial charge on any atom is -0.456 e. The lowest BCUT2D eigenvalue weighted by molar-refractivity contribution is 0.0464. The van der Waals surface area contributed by atoms with Crippen LogP contribution in [0.1, 0.15) is 41.6 Å². The monoisotopic (exact) mass is 259 g/mol. The van der Waals surface area contributed by atoms with E-state index in [-0.39, 0.29) is 18.3 Å². The summed E-state index contributed by atoms with van der Waals surface area (Å²) in [6, 6.07) is 9.72. The molecule has 0 amide bonds. The normalized spacial score (nSPS) is 10.7. The average Bonchev–Trinajstić information content (AvgIpc) is 2.79. The van der Waals surface area contributed by atoms with Gasteiger partial charge in [-0.05, 0) is 26.3 Å². The first kappa shape index (κ1) is 13.3. The Labute approximate surface area is 112 Å². The fraction of sp³-hybridized carbons (Fsp3) is 0.357. The van der Waals surface area contributed by atoms with Gasteiger partial charge < -0.3 is 4.74 Å². The van der Waals surface area contributed by atoms with Crippen molar-refractivity contribution in [3.8, 4) is 0 Å². The van der Waals surface area contributed by atoms with Crippen LogP contribution in [-0.4, -0.2) is 21.0 Å². The zero-order valence-electron chi connectivity index (χ0n) is 11.3. The van der Waals surface area contributed by atoms with Gasteiger partial charge in [0.1, 0.15) is 6.61 Å². The minimum atomic E-state index is -0.437. The number of hydrogen-bond donors (Lipinski definition) is 0. The van der Waals surface area contributed by atoms with Crippen LogP contribution in [0, 0.1) is 6.92 Å². The standard InChI is InChI=1S/C14H17N3O2/c1-10(2)17-11(3)13(15-16-17)14(18)19-9-12-7-5-4-6-8-12/h4-8,10H,9H2,1-3H3. The van der Waals surface area contributed by atoms with Crippen LogP contribution >= 0.6 is 0 Å². The third-order valence-electron chi connectivity index (χ3n) is 2.82. The van der Waals surface area contributed by atoms with Gasteiger partial charge >= 0.3 is 5.97 Å². The van der Waals surface area contributed by atoms with Crippen molar-refractivity contribution >= 4 is 5.97 Å². The molecule has 100 valence electrons. The van der Waals surface area contributed by atoms with E-state index < -0.39 is 5.97 Å². The third kappa shape index (κ3) is 2.99. The summed E-state index contributed by atoms with van der Waals surface area (Å²) in [6.07, 6.45) is 0. The molecule has 0 N–H and O–H groups in total. The van der Waals surface area contributed by atoms with Crippen molar-refractivity contribution < 1.29 is 9.53 Å². The van der Waals surface area contributed by atoms with Crippen LogP contribution in [0.25, 0.3) is 0 Å². The summed E-state index contributed by atoms with van der Waals surface area (Å²) in [5.41, 5.74) is 1.96. The summed E-state index contributed by atoms with van der Waals surface area (Å²) in [7, 11) is 0. The maximum atomic E-state index is 11.9. The van der Waals surface area contributed by atoms with Gasteiger partial charge in [0.15, 0.2) is 5.69 Å². The van der Waals surface area contributed by atoms with E-state index in [1.54, 1.807) is 4.68 Å². The number of ether oxygens (including phenoxy) is 1. The first-order chi connectivity index (χ1) is 9.09. The molecule has 0 unspecified atom stereocenters. The number of benzene rings is 1. The highest BCUT2D eigenvalue weighted by Gasteiger charge is 2.18. The molecule has 0 saturated carbocycles. The number of rotatable bonds is 4. The Bertz CT molecular complexity index is 561. The molecular formula is C14H17N3O2. The van der Waals surface area contributed by atoms with Crippen LogP contribution in [0.15, 0.2) is 30.3 Å². The summed E-state index contributed by atoms with van der Waals surface area (Å²) in [5.74, 6) is -0.437. The number of nitrogens with zero attached hydrogens (tertiary/aromatic N) is 3. The van der Waals surface area contributed by atoms with Gasteiger partial charge in [-0.3, -0.25) is 0 Å². The summed E-state index contributed by atoms with van der Waals surface area (Å²) in [5, 5.41) is 7.84. The highest BCUT2D eigenvalue weighted by Crippen LogP contribution is 2.12. The lowest BCUT2D eigenvalue weighted by Crippen LogP contribution is -2.09. The Morgan fingerprint density at radius 2 is 2.00 bits per heavy atom. The predicted octanol–water partition coefficient (Wildman–Crippen LogP) is 2.52. The molecule has 0 atom stereocenters. The topological polar surface area (TPSA) is 57.0 Å². The van der Waals surface area contributed by atoms with Crippen LogP contribution in [0.5, 0.6) is 0 Å². The second-order valence-electron chi connectivity index (χ2n) is 4.62. The summed E-state index contributed by atoms with van der Waals surface area (Å²) >= 11 is 0. The average molecular weight is 259 g/mol. The van der Waals surface area contributed by atoms with Crippen LogP contribution in [-0.2, 0) is 11.3 Å². The molecule has 0 radical (unpaired) electrons. The van der Waals surface area contributed by atoms with Crippen molar-refractivity contribution in [1.82, 2.24) is 15.0 Å². The van der Waals surface area contributed by atoms with E-state index in [1.165, 1.54) is 0 Å². The second-order valence-corrected chi connectivity index (χ2v) is 4.62. The molecule has 0 spiro atoms. The van der Waals surface area contributed by atoms with Gasteiger partial charge in [-0.2, -0.15) is 0 Å². The SMILES string of the molecule is Cc1c(C(=O)OCc2ccccc2)nnn1C(C)C. The van der Waals surface area contributed by atoms with E-state index in [4.69, 9.17) is 4.74 Å². The zero-order chi connectivity index (χ0) is 13.8. The van der Waals surface area contributed by atoms with Crippen LogP contribution in [0.4, 0.5) is 0 Å². The highest BCUT2D eigenvalue weighted by molar-refractivity contribution is 5.88. The lowest BCUT2D eigenvalue weighted by Gasteiger charge is -2.07.